The number of aromatic nitrogens is 3. The van der Waals surface area contributed by atoms with E-state index in [1.807, 2.05) is 6.07 Å². The monoisotopic (exact) mass is 563 g/mol. The quantitative estimate of drug-likeness (QED) is 0.214. The summed E-state index contributed by atoms with van der Waals surface area (Å²) in [6, 6.07) is 49.8. The van der Waals surface area contributed by atoms with Crippen LogP contribution in [0.15, 0.2) is 140 Å². The first-order valence-corrected chi connectivity index (χ1v) is 15.2. The van der Waals surface area contributed by atoms with Crippen LogP contribution in [0.3, 0.4) is 0 Å². The second-order valence-corrected chi connectivity index (χ2v) is 12.3. The molecule has 0 aliphatic heterocycles. The molecular weight excluding hydrogens is 534 g/mol. The third kappa shape index (κ3) is 3.56. The molecule has 1 aliphatic rings. The number of fused-ring (bicyclic) bond motifs is 7. The number of para-hydroxylation sites is 1. The maximum atomic E-state index is 5.33. The van der Waals surface area contributed by atoms with Crippen LogP contribution in [0.25, 0.3) is 72.2 Å². The highest BCUT2D eigenvalue weighted by molar-refractivity contribution is 6.02. The smallest absolute Gasteiger partial charge is 0.235 e. The molecule has 1 aliphatic carbocycles. The summed E-state index contributed by atoms with van der Waals surface area (Å²) in [5.41, 5.74) is 11.4. The standard InChI is InChI=1S/C41H29N3/c1-41(2)34-18-10-8-16-31(34)39-37(41)33-25-30(29-21-20-26-12-6-7-15-28(26)24-29)22-23-36(33)44(39)40-42-35-19-11-9-17-32(35)38(43-40)27-13-4-3-5-14-27/h3-25H,1-2H3. The lowest BCUT2D eigenvalue weighted by Gasteiger charge is -2.21. The van der Waals surface area contributed by atoms with Crippen LogP contribution in [0, 0.1) is 0 Å². The molecule has 3 nitrogen and oxygen atoms in total. The molecule has 0 N–H and O–H groups in total. The van der Waals surface area contributed by atoms with Crippen molar-refractivity contribution >= 4 is 32.6 Å². The summed E-state index contributed by atoms with van der Waals surface area (Å²) in [7, 11) is 0. The van der Waals surface area contributed by atoms with E-state index in [2.05, 4.69) is 152 Å². The lowest BCUT2D eigenvalue weighted by molar-refractivity contribution is 0.666. The van der Waals surface area contributed by atoms with E-state index >= 15 is 0 Å². The number of nitrogens with zero attached hydrogens (tertiary/aromatic N) is 3. The molecular formula is C41H29N3. The molecule has 0 spiro atoms. The molecule has 0 amide bonds. The van der Waals surface area contributed by atoms with Gasteiger partial charge in [-0.1, -0.05) is 129 Å². The second kappa shape index (κ2) is 9.23. The maximum Gasteiger partial charge on any atom is 0.235 e. The van der Waals surface area contributed by atoms with Gasteiger partial charge in [-0.2, -0.15) is 0 Å². The van der Waals surface area contributed by atoms with Gasteiger partial charge < -0.3 is 0 Å². The summed E-state index contributed by atoms with van der Waals surface area (Å²) in [4.78, 5) is 10.5. The topological polar surface area (TPSA) is 30.7 Å². The van der Waals surface area contributed by atoms with Crippen LogP contribution in [0.4, 0.5) is 0 Å². The van der Waals surface area contributed by atoms with Crippen LogP contribution in [0.1, 0.15) is 25.0 Å². The van der Waals surface area contributed by atoms with Gasteiger partial charge in [0.2, 0.25) is 5.95 Å². The minimum atomic E-state index is -0.184. The van der Waals surface area contributed by atoms with Gasteiger partial charge >= 0.3 is 0 Å². The molecule has 6 aromatic carbocycles. The average molecular weight is 564 g/mol. The normalized spacial score (nSPS) is 13.4. The van der Waals surface area contributed by atoms with Crippen molar-refractivity contribution in [3.05, 3.63) is 151 Å². The van der Waals surface area contributed by atoms with Crippen LogP contribution in [0.2, 0.25) is 0 Å². The van der Waals surface area contributed by atoms with Crippen molar-refractivity contribution in [1.29, 1.82) is 0 Å². The SMILES string of the molecule is CC1(C)c2ccccc2-c2c1c1cc(-c3ccc4ccccc4c3)ccc1n2-c1nc(-c2ccccc2)c2ccccc2n1. The Labute approximate surface area is 256 Å². The molecule has 0 bridgehead atoms. The predicted octanol–water partition coefficient (Wildman–Crippen LogP) is 10.4. The van der Waals surface area contributed by atoms with Crippen molar-refractivity contribution in [2.45, 2.75) is 19.3 Å². The van der Waals surface area contributed by atoms with Gasteiger partial charge in [0, 0.05) is 27.3 Å². The van der Waals surface area contributed by atoms with Gasteiger partial charge in [0.05, 0.1) is 22.4 Å². The van der Waals surface area contributed by atoms with E-state index in [0.29, 0.717) is 5.95 Å². The lowest BCUT2D eigenvalue weighted by atomic mass is 9.81. The Morgan fingerprint density at radius 1 is 0.545 bits per heavy atom. The average Bonchev–Trinajstić information content (AvgIpc) is 3.54. The van der Waals surface area contributed by atoms with Gasteiger partial charge in [-0.05, 0) is 57.3 Å². The Balaban J connectivity index is 1.36. The van der Waals surface area contributed by atoms with Crippen molar-refractivity contribution in [1.82, 2.24) is 14.5 Å². The molecule has 44 heavy (non-hydrogen) atoms. The van der Waals surface area contributed by atoms with Gasteiger partial charge in [0.1, 0.15) is 0 Å². The minimum absolute atomic E-state index is 0.184. The van der Waals surface area contributed by atoms with Crippen molar-refractivity contribution in [3.63, 3.8) is 0 Å². The Bertz CT molecular complexity index is 2410. The van der Waals surface area contributed by atoms with E-state index in [9.17, 15) is 0 Å². The molecule has 8 aromatic rings. The number of hydrogen-bond acceptors (Lipinski definition) is 2. The second-order valence-electron chi connectivity index (χ2n) is 12.3. The van der Waals surface area contributed by atoms with Gasteiger partial charge in [-0.25, -0.2) is 9.97 Å². The fourth-order valence-corrected chi connectivity index (χ4v) is 7.28. The molecule has 2 aromatic heterocycles. The van der Waals surface area contributed by atoms with E-state index in [1.165, 1.54) is 49.7 Å². The zero-order valence-corrected chi connectivity index (χ0v) is 24.6. The highest BCUT2D eigenvalue weighted by Gasteiger charge is 2.41. The van der Waals surface area contributed by atoms with Crippen molar-refractivity contribution < 1.29 is 0 Å². The van der Waals surface area contributed by atoms with Crippen LogP contribution in [-0.2, 0) is 5.41 Å². The molecule has 208 valence electrons. The van der Waals surface area contributed by atoms with Crippen LogP contribution in [-0.4, -0.2) is 14.5 Å². The number of rotatable bonds is 3. The number of benzene rings is 6. The van der Waals surface area contributed by atoms with Crippen molar-refractivity contribution in [3.8, 4) is 39.6 Å². The van der Waals surface area contributed by atoms with Gasteiger partial charge in [0.25, 0.3) is 0 Å². The zero-order valence-electron chi connectivity index (χ0n) is 24.6. The Morgan fingerprint density at radius 2 is 1.25 bits per heavy atom. The van der Waals surface area contributed by atoms with Crippen molar-refractivity contribution in [2.75, 3.05) is 0 Å². The summed E-state index contributed by atoms with van der Waals surface area (Å²) >= 11 is 0. The minimum Gasteiger partial charge on any atom is -0.278 e. The van der Waals surface area contributed by atoms with Crippen LogP contribution < -0.4 is 0 Å². The van der Waals surface area contributed by atoms with Crippen LogP contribution in [0.5, 0.6) is 0 Å². The van der Waals surface area contributed by atoms with Gasteiger partial charge in [-0.3, -0.25) is 4.57 Å². The van der Waals surface area contributed by atoms with E-state index in [-0.39, 0.29) is 5.41 Å². The first-order chi connectivity index (χ1) is 21.6. The number of hydrogen-bond donors (Lipinski definition) is 0. The molecule has 9 rings (SSSR count). The first kappa shape index (κ1) is 25.0. The van der Waals surface area contributed by atoms with Crippen LogP contribution >= 0.6 is 0 Å². The fraction of sp³-hybridized carbons (Fsp3) is 0.0732. The lowest BCUT2D eigenvalue weighted by Crippen LogP contribution is -2.14. The van der Waals surface area contributed by atoms with Gasteiger partial charge in [0.15, 0.2) is 0 Å². The Morgan fingerprint density at radius 3 is 2.14 bits per heavy atom. The molecule has 0 saturated carbocycles. The molecule has 0 saturated heterocycles. The summed E-state index contributed by atoms with van der Waals surface area (Å²) in [5.74, 6) is 0.694. The molecule has 0 atom stereocenters. The Kier molecular flexibility index (Phi) is 5.24. The fourth-order valence-electron chi connectivity index (χ4n) is 7.28. The molecule has 3 heteroatoms. The summed E-state index contributed by atoms with van der Waals surface area (Å²) in [5, 5.41) is 4.79. The summed E-state index contributed by atoms with van der Waals surface area (Å²) in [6.07, 6.45) is 0. The van der Waals surface area contributed by atoms with E-state index < -0.39 is 0 Å². The Hall–Kier alpha value is -5.54. The molecule has 0 fully saturated rings. The summed E-state index contributed by atoms with van der Waals surface area (Å²) < 4.78 is 2.31. The van der Waals surface area contributed by atoms with E-state index in [1.54, 1.807) is 0 Å². The highest BCUT2D eigenvalue weighted by Crippen LogP contribution is 2.54. The molecule has 0 radical (unpaired) electrons. The third-order valence-electron chi connectivity index (χ3n) is 9.37. The largest absolute Gasteiger partial charge is 0.278 e. The molecule has 2 heterocycles. The zero-order chi connectivity index (χ0) is 29.4. The highest BCUT2D eigenvalue weighted by atomic mass is 15.2. The predicted molar refractivity (Wildman–Crippen MR) is 182 cm³/mol. The summed E-state index contributed by atoms with van der Waals surface area (Å²) in [6.45, 7) is 4.70. The third-order valence-corrected chi connectivity index (χ3v) is 9.37. The van der Waals surface area contributed by atoms with E-state index in [4.69, 9.17) is 9.97 Å². The maximum absolute atomic E-state index is 5.33. The van der Waals surface area contributed by atoms with E-state index in [0.717, 1.165) is 27.7 Å². The van der Waals surface area contributed by atoms with Crippen molar-refractivity contribution in [2.24, 2.45) is 0 Å². The first-order valence-electron chi connectivity index (χ1n) is 15.2. The van der Waals surface area contributed by atoms with Gasteiger partial charge in [-0.15, -0.1) is 0 Å². The molecule has 0 unspecified atom stereocenters.